The molecule has 0 atom stereocenters. The van der Waals surface area contributed by atoms with Gasteiger partial charge in [-0.1, -0.05) is 36.4 Å². The summed E-state index contributed by atoms with van der Waals surface area (Å²) in [5, 5.41) is 3.57. The van der Waals surface area contributed by atoms with Gasteiger partial charge in [-0.05, 0) is 34.8 Å². The molecule has 0 aromatic heterocycles. The van der Waals surface area contributed by atoms with Gasteiger partial charge in [0, 0.05) is 0 Å². The lowest BCUT2D eigenvalue weighted by Gasteiger charge is -2.04. The maximum Gasteiger partial charge on any atom is -0.00865 e. The lowest BCUT2D eigenvalue weighted by molar-refractivity contribution is 1.15. The summed E-state index contributed by atoms with van der Waals surface area (Å²) in [7, 11) is 0. The van der Waals surface area contributed by atoms with Gasteiger partial charge < -0.3 is 0 Å². The highest BCUT2D eigenvalue weighted by molar-refractivity contribution is 7.83. The Labute approximate surface area is 96.6 Å². The summed E-state index contributed by atoms with van der Waals surface area (Å²) in [5.74, 6) is 0. The van der Waals surface area contributed by atoms with Crippen LogP contribution >= 0.6 is 25.3 Å². The number of hydrogen-bond donors (Lipinski definition) is 2. The molecule has 14 heavy (non-hydrogen) atoms. The molecule has 0 saturated carbocycles. The molecule has 1 aromatic carbocycles. The Hall–Kier alpha value is -0.600. The zero-order chi connectivity index (χ0) is 10.2. The Morgan fingerprint density at radius 3 is 1.64 bits per heavy atom. The predicted molar refractivity (Wildman–Crippen MR) is 70.1 cm³/mol. The molecule has 0 radical (unpaired) electrons. The third-order valence-corrected chi connectivity index (χ3v) is 2.43. The fourth-order valence-electron chi connectivity index (χ4n) is 1.32. The minimum atomic E-state index is 0.945. The first-order chi connectivity index (χ1) is 6.88. The van der Waals surface area contributed by atoms with Crippen molar-refractivity contribution in [3.8, 4) is 0 Å². The van der Waals surface area contributed by atoms with Crippen molar-refractivity contribution in [3.63, 3.8) is 0 Å². The van der Waals surface area contributed by atoms with Crippen LogP contribution in [-0.2, 0) is 12.8 Å². The number of thiol groups is 2. The molecule has 0 aliphatic carbocycles. The van der Waals surface area contributed by atoms with E-state index in [4.69, 9.17) is 0 Å². The van der Waals surface area contributed by atoms with Gasteiger partial charge in [-0.25, -0.2) is 0 Å². The third-order valence-electron chi connectivity index (χ3n) is 2.00. The minimum absolute atomic E-state index is 0.945. The summed E-state index contributed by atoms with van der Waals surface area (Å²) < 4.78 is 0. The predicted octanol–water partition coefficient (Wildman–Crippen LogP) is 3.66. The topological polar surface area (TPSA) is 0 Å². The first-order valence-electron chi connectivity index (χ1n) is 4.53. The van der Waals surface area contributed by atoms with Crippen LogP contribution in [0.2, 0.25) is 0 Å². The van der Waals surface area contributed by atoms with E-state index in [1.54, 1.807) is 10.8 Å². The lowest BCUT2D eigenvalue weighted by atomic mass is 10.0. The van der Waals surface area contributed by atoms with Gasteiger partial charge in [-0.3, -0.25) is 0 Å². The van der Waals surface area contributed by atoms with E-state index in [1.165, 1.54) is 11.1 Å². The summed E-state index contributed by atoms with van der Waals surface area (Å²) in [5.41, 5.74) is 2.70. The van der Waals surface area contributed by atoms with Crippen molar-refractivity contribution in [3.05, 3.63) is 58.4 Å². The van der Waals surface area contributed by atoms with Crippen LogP contribution in [-0.4, -0.2) is 0 Å². The number of hydrogen-bond acceptors (Lipinski definition) is 2. The van der Waals surface area contributed by atoms with E-state index in [0.717, 1.165) is 12.8 Å². The van der Waals surface area contributed by atoms with Crippen LogP contribution in [0, 0.1) is 0 Å². The van der Waals surface area contributed by atoms with Gasteiger partial charge in [0.05, 0.1) is 0 Å². The molecular formula is C12H14S2. The maximum atomic E-state index is 4.05. The molecule has 1 rings (SSSR count). The van der Waals surface area contributed by atoms with E-state index in [0.29, 0.717) is 0 Å². The maximum absolute atomic E-state index is 4.05. The van der Waals surface area contributed by atoms with E-state index in [-0.39, 0.29) is 0 Å². The van der Waals surface area contributed by atoms with Crippen molar-refractivity contribution < 1.29 is 0 Å². The quantitative estimate of drug-likeness (QED) is 0.714. The van der Waals surface area contributed by atoms with Gasteiger partial charge in [-0.2, -0.15) is 25.3 Å². The van der Waals surface area contributed by atoms with Crippen LogP contribution in [0.25, 0.3) is 0 Å². The smallest absolute Gasteiger partial charge is 0.00865 e. The van der Waals surface area contributed by atoms with Gasteiger partial charge in [0.15, 0.2) is 0 Å². The largest absolute Gasteiger partial charge is 0.152 e. The fourth-order valence-corrected chi connectivity index (χ4v) is 1.53. The van der Waals surface area contributed by atoms with Crippen LogP contribution in [0.15, 0.2) is 47.2 Å². The minimum Gasteiger partial charge on any atom is -0.152 e. The number of allylic oxidation sites excluding steroid dienone is 2. The van der Waals surface area contributed by atoms with Crippen LogP contribution < -0.4 is 0 Å². The molecule has 0 amide bonds. The molecule has 0 N–H and O–H groups in total. The Kier molecular flexibility index (Phi) is 5.57. The highest BCUT2D eigenvalue weighted by Gasteiger charge is 1.96. The van der Waals surface area contributed by atoms with Crippen LogP contribution in [0.1, 0.15) is 11.1 Å². The van der Waals surface area contributed by atoms with Gasteiger partial charge in [0.25, 0.3) is 0 Å². The summed E-state index contributed by atoms with van der Waals surface area (Å²) in [6.07, 6.45) is 5.98. The van der Waals surface area contributed by atoms with E-state index < -0.39 is 0 Å². The van der Waals surface area contributed by atoms with Crippen molar-refractivity contribution in [1.82, 2.24) is 0 Å². The Balaban J connectivity index is 2.79. The van der Waals surface area contributed by atoms with Crippen LogP contribution in [0.3, 0.4) is 0 Å². The molecule has 0 bridgehead atoms. The molecule has 0 unspecified atom stereocenters. The summed E-state index contributed by atoms with van der Waals surface area (Å²) >= 11 is 8.10. The molecule has 0 aliphatic heterocycles. The van der Waals surface area contributed by atoms with Gasteiger partial charge in [-0.15, -0.1) is 0 Å². The molecule has 2 heteroatoms. The first-order valence-corrected chi connectivity index (χ1v) is 5.57. The second-order valence-corrected chi connectivity index (χ2v) is 3.54. The van der Waals surface area contributed by atoms with Crippen LogP contribution in [0.4, 0.5) is 0 Å². The van der Waals surface area contributed by atoms with E-state index in [1.807, 2.05) is 12.2 Å². The normalized spacial score (nSPS) is 11.6. The van der Waals surface area contributed by atoms with E-state index in [9.17, 15) is 0 Å². The molecule has 0 saturated heterocycles. The lowest BCUT2D eigenvalue weighted by Crippen LogP contribution is -1.90. The zero-order valence-corrected chi connectivity index (χ0v) is 9.72. The van der Waals surface area contributed by atoms with Gasteiger partial charge >= 0.3 is 0 Å². The van der Waals surface area contributed by atoms with E-state index in [2.05, 4.69) is 49.5 Å². The number of rotatable bonds is 4. The SMILES string of the molecule is SC=CCc1ccccc1CC=CS. The molecular weight excluding hydrogens is 208 g/mol. The highest BCUT2D eigenvalue weighted by atomic mass is 32.1. The standard InChI is InChI=1S/C12H14S2/c13-9-3-7-11-5-1-2-6-12(11)8-4-10-14/h1-6,9-10,13-14H,7-8H2. The number of benzene rings is 1. The summed E-state index contributed by atoms with van der Waals surface area (Å²) in [6.45, 7) is 0. The summed E-state index contributed by atoms with van der Waals surface area (Å²) in [4.78, 5) is 0. The molecule has 1 aromatic rings. The van der Waals surface area contributed by atoms with Crippen molar-refractivity contribution in [2.45, 2.75) is 12.8 Å². The van der Waals surface area contributed by atoms with Crippen molar-refractivity contribution in [1.29, 1.82) is 0 Å². The monoisotopic (exact) mass is 222 g/mol. The third kappa shape index (κ3) is 3.64. The summed E-state index contributed by atoms with van der Waals surface area (Å²) in [6, 6.07) is 8.43. The van der Waals surface area contributed by atoms with Crippen molar-refractivity contribution >= 4 is 25.3 Å². The average molecular weight is 222 g/mol. The van der Waals surface area contributed by atoms with Crippen molar-refractivity contribution in [2.75, 3.05) is 0 Å². The van der Waals surface area contributed by atoms with E-state index >= 15 is 0 Å². The Morgan fingerprint density at radius 2 is 1.29 bits per heavy atom. The molecule has 0 heterocycles. The molecule has 0 nitrogen and oxygen atoms in total. The Morgan fingerprint density at radius 1 is 0.857 bits per heavy atom. The molecule has 0 aliphatic rings. The molecule has 0 fully saturated rings. The second-order valence-electron chi connectivity index (χ2n) is 2.95. The zero-order valence-electron chi connectivity index (χ0n) is 7.93. The molecule has 0 spiro atoms. The highest BCUT2D eigenvalue weighted by Crippen LogP contribution is 2.11. The fraction of sp³-hybridized carbons (Fsp3) is 0.167. The van der Waals surface area contributed by atoms with Crippen LogP contribution in [0.5, 0.6) is 0 Å². The second kappa shape index (κ2) is 6.80. The first kappa shape index (κ1) is 11.5. The van der Waals surface area contributed by atoms with Gasteiger partial charge in [0.2, 0.25) is 0 Å². The van der Waals surface area contributed by atoms with Gasteiger partial charge in [0.1, 0.15) is 0 Å². The average Bonchev–Trinajstić information content (AvgIpc) is 2.24. The van der Waals surface area contributed by atoms with Crippen molar-refractivity contribution in [2.24, 2.45) is 0 Å². The molecule has 74 valence electrons. The Bertz CT molecular complexity index is 294.